The molecule has 8 nitrogen and oxygen atoms in total. The van der Waals surface area contributed by atoms with Crippen LogP contribution in [0, 0.1) is 24.2 Å². The number of pyridine rings is 1. The van der Waals surface area contributed by atoms with E-state index in [1.54, 1.807) is 25.3 Å². The van der Waals surface area contributed by atoms with E-state index < -0.39 is 0 Å². The van der Waals surface area contributed by atoms with Gasteiger partial charge in [-0.2, -0.15) is 5.26 Å². The molecule has 0 amide bonds. The van der Waals surface area contributed by atoms with Crippen molar-refractivity contribution in [3.05, 3.63) is 69.1 Å². The zero-order valence-electron chi connectivity index (χ0n) is 20.1. The molecule has 9 heteroatoms. The summed E-state index contributed by atoms with van der Waals surface area (Å²) in [5.41, 5.74) is 2.53. The van der Waals surface area contributed by atoms with Crippen molar-refractivity contribution in [2.75, 3.05) is 24.6 Å². The van der Waals surface area contributed by atoms with E-state index in [1.165, 1.54) is 15.7 Å². The van der Waals surface area contributed by atoms with Gasteiger partial charge in [0.2, 0.25) is 0 Å². The van der Waals surface area contributed by atoms with Crippen molar-refractivity contribution in [2.45, 2.75) is 26.7 Å². The van der Waals surface area contributed by atoms with Crippen molar-refractivity contribution >= 4 is 50.6 Å². The van der Waals surface area contributed by atoms with Crippen molar-refractivity contribution < 1.29 is 9.53 Å². The van der Waals surface area contributed by atoms with Gasteiger partial charge < -0.3 is 9.64 Å². The molecule has 0 spiro atoms. The monoisotopic (exact) mass is 499 g/mol. The quantitative estimate of drug-likeness (QED) is 0.295. The molecule has 0 radical (unpaired) electrons. The first-order valence-electron chi connectivity index (χ1n) is 11.9. The first-order chi connectivity index (χ1) is 17.5. The number of anilines is 1. The molecule has 0 saturated carbocycles. The van der Waals surface area contributed by atoms with Gasteiger partial charge in [-0.1, -0.05) is 18.2 Å². The summed E-state index contributed by atoms with van der Waals surface area (Å²) >= 11 is 1.41. The third kappa shape index (κ3) is 4.36. The SMILES string of the molecule is CCOC(=O)[C@@H]1CCCN(c2nc3c(C)cccn3c(=O)c2/C=C(\C#N)c2nc3ccccc3s2)C1. The Kier molecular flexibility index (Phi) is 6.53. The Morgan fingerprint density at radius 2 is 2.11 bits per heavy atom. The number of nitrogens with zero attached hydrogens (tertiary/aromatic N) is 5. The van der Waals surface area contributed by atoms with E-state index in [2.05, 4.69) is 11.1 Å². The number of hydrogen-bond acceptors (Lipinski definition) is 8. The van der Waals surface area contributed by atoms with Gasteiger partial charge in [0.15, 0.2) is 0 Å². The molecule has 5 rings (SSSR count). The van der Waals surface area contributed by atoms with Crippen LogP contribution in [0.15, 0.2) is 47.4 Å². The van der Waals surface area contributed by atoms with Crippen LogP contribution in [0.2, 0.25) is 0 Å². The Bertz CT molecular complexity index is 1560. The van der Waals surface area contributed by atoms with Crippen LogP contribution in [-0.2, 0) is 9.53 Å². The summed E-state index contributed by atoms with van der Waals surface area (Å²) in [5.74, 6) is -0.0651. The molecule has 1 saturated heterocycles. The Morgan fingerprint density at radius 1 is 1.28 bits per heavy atom. The summed E-state index contributed by atoms with van der Waals surface area (Å²) in [5, 5.41) is 10.6. The highest BCUT2D eigenvalue weighted by atomic mass is 32.1. The number of benzene rings is 1. The molecule has 1 fully saturated rings. The van der Waals surface area contributed by atoms with Gasteiger partial charge in [-0.3, -0.25) is 14.0 Å². The highest BCUT2D eigenvalue weighted by Crippen LogP contribution is 2.31. The van der Waals surface area contributed by atoms with Crippen LogP contribution in [0.5, 0.6) is 0 Å². The lowest BCUT2D eigenvalue weighted by Crippen LogP contribution is -2.41. The van der Waals surface area contributed by atoms with Crippen LogP contribution < -0.4 is 10.5 Å². The number of allylic oxidation sites excluding steroid dienone is 1. The third-order valence-corrected chi connectivity index (χ3v) is 7.41. The van der Waals surface area contributed by atoms with Crippen LogP contribution in [0.4, 0.5) is 5.82 Å². The number of aryl methyl sites for hydroxylation is 1. The molecule has 0 N–H and O–H groups in total. The summed E-state index contributed by atoms with van der Waals surface area (Å²) in [6.45, 7) is 5.07. The second-order valence-corrected chi connectivity index (χ2v) is 9.76. The number of carbonyl (C=O) groups is 1. The van der Waals surface area contributed by atoms with Gasteiger partial charge in [-0.25, -0.2) is 9.97 Å². The van der Waals surface area contributed by atoms with E-state index in [-0.39, 0.29) is 17.4 Å². The second-order valence-electron chi connectivity index (χ2n) is 8.73. The van der Waals surface area contributed by atoms with E-state index in [1.807, 2.05) is 42.2 Å². The van der Waals surface area contributed by atoms with Crippen LogP contribution >= 0.6 is 11.3 Å². The maximum atomic E-state index is 13.8. The molecule has 0 unspecified atom stereocenters. The molecule has 4 heterocycles. The number of ether oxygens (including phenoxy) is 1. The molecule has 1 aliphatic rings. The van der Waals surface area contributed by atoms with Crippen LogP contribution in [0.1, 0.15) is 35.9 Å². The minimum absolute atomic E-state index is 0.236. The number of esters is 1. The Labute approximate surface area is 212 Å². The Balaban J connectivity index is 1.67. The molecule has 182 valence electrons. The van der Waals surface area contributed by atoms with E-state index in [4.69, 9.17) is 9.72 Å². The Hall–Kier alpha value is -4.03. The number of nitriles is 1. The molecule has 1 aromatic carbocycles. The van der Waals surface area contributed by atoms with E-state index in [0.29, 0.717) is 47.3 Å². The predicted octanol–water partition coefficient (Wildman–Crippen LogP) is 4.46. The number of carbonyl (C=O) groups excluding carboxylic acids is 1. The lowest BCUT2D eigenvalue weighted by Gasteiger charge is -2.33. The summed E-state index contributed by atoms with van der Waals surface area (Å²) in [6.07, 6.45) is 4.76. The molecule has 36 heavy (non-hydrogen) atoms. The maximum Gasteiger partial charge on any atom is 0.310 e. The molecule has 0 aliphatic carbocycles. The largest absolute Gasteiger partial charge is 0.466 e. The van der Waals surface area contributed by atoms with Crippen molar-refractivity contribution in [2.24, 2.45) is 5.92 Å². The summed E-state index contributed by atoms with van der Waals surface area (Å²) < 4.78 is 7.73. The summed E-state index contributed by atoms with van der Waals surface area (Å²) in [7, 11) is 0. The predicted molar refractivity (Wildman–Crippen MR) is 141 cm³/mol. The first kappa shape index (κ1) is 23.7. The fraction of sp³-hybridized carbons (Fsp3) is 0.296. The summed E-state index contributed by atoms with van der Waals surface area (Å²) in [4.78, 5) is 37.7. The fourth-order valence-corrected chi connectivity index (χ4v) is 5.50. The number of aromatic nitrogens is 3. The van der Waals surface area contributed by atoms with Gasteiger partial charge in [0.1, 0.15) is 22.5 Å². The molecular weight excluding hydrogens is 474 g/mol. The zero-order chi connectivity index (χ0) is 25.2. The molecule has 1 aliphatic heterocycles. The topological polar surface area (TPSA) is 101 Å². The van der Waals surface area contributed by atoms with Crippen molar-refractivity contribution in [3.63, 3.8) is 0 Å². The van der Waals surface area contributed by atoms with E-state index >= 15 is 0 Å². The average molecular weight is 500 g/mol. The van der Waals surface area contributed by atoms with Gasteiger partial charge in [-0.15, -0.1) is 11.3 Å². The van der Waals surface area contributed by atoms with Crippen LogP contribution in [-0.4, -0.2) is 40.0 Å². The van der Waals surface area contributed by atoms with E-state index in [0.717, 1.165) is 28.6 Å². The second kappa shape index (κ2) is 9.91. The van der Waals surface area contributed by atoms with Gasteiger partial charge in [0, 0.05) is 19.3 Å². The lowest BCUT2D eigenvalue weighted by atomic mass is 9.97. The number of thiazole rings is 1. The molecule has 4 aromatic rings. The zero-order valence-corrected chi connectivity index (χ0v) is 20.9. The minimum atomic E-state index is -0.299. The number of piperidine rings is 1. The average Bonchev–Trinajstić information content (AvgIpc) is 3.33. The standard InChI is InChI=1S/C27H25N5O3S/c1-3-35-27(34)18-9-7-12-31(16-18)24-20(26(33)32-13-6-8-17(2)23(32)30-24)14-19(15-28)25-29-21-10-4-5-11-22(21)36-25/h4-6,8,10-11,13-14,18H,3,7,9,12,16H2,1-2H3/b19-14+/t18-/m1/s1. The molecule has 1 atom stereocenters. The van der Waals surface area contributed by atoms with Gasteiger partial charge >= 0.3 is 5.97 Å². The highest BCUT2D eigenvalue weighted by molar-refractivity contribution is 7.19. The van der Waals surface area contributed by atoms with Crippen LogP contribution in [0.25, 0.3) is 27.5 Å². The lowest BCUT2D eigenvalue weighted by molar-refractivity contribution is -0.148. The highest BCUT2D eigenvalue weighted by Gasteiger charge is 2.30. The number of rotatable bonds is 5. The van der Waals surface area contributed by atoms with Gasteiger partial charge in [0.05, 0.1) is 33.9 Å². The fourth-order valence-electron chi connectivity index (χ4n) is 4.56. The van der Waals surface area contributed by atoms with Crippen molar-refractivity contribution in [1.29, 1.82) is 5.26 Å². The minimum Gasteiger partial charge on any atom is -0.466 e. The number of hydrogen-bond donors (Lipinski definition) is 0. The number of fused-ring (bicyclic) bond motifs is 2. The molecular formula is C27H25N5O3S. The molecule has 3 aromatic heterocycles. The smallest absolute Gasteiger partial charge is 0.310 e. The summed E-state index contributed by atoms with van der Waals surface area (Å²) in [6, 6.07) is 13.6. The van der Waals surface area contributed by atoms with Crippen molar-refractivity contribution in [1.82, 2.24) is 14.4 Å². The first-order valence-corrected chi connectivity index (χ1v) is 12.7. The van der Waals surface area contributed by atoms with Gasteiger partial charge in [-0.05, 0) is 56.5 Å². The van der Waals surface area contributed by atoms with E-state index in [9.17, 15) is 14.9 Å². The third-order valence-electron chi connectivity index (χ3n) is 6.34. The van der Waals surface area contributed by atoms with Gasteiger partial charge in [0.25, 0.3) is 5.56 Å². The molecule has 0 bridgehead atoms. The van der Waals surface area contributed by atoms with Crippen LogP contribution in [0.3, 0.4) is 0 Å². The normalized spacial score (nSPS) is 16.3. The maximum absolute atomic E-state index is 13.8. The van der Waals surface area contributed by atoms with Crippen molar-refractivity contribution in [3.8, 4) is 6.07 Å². The number of para-hydroxylation sites is 1. The Morgan fingerprint density at radius 3 is 2.89 bits per heavy atom.